The van der Waals surface area contributed by atoms with E-state index in [4.69, 9.17) is 49.8 Å². The van der Waals surface area contributed by atoms with Gasteiger partial charge in [-0.3, -0.25) is 18.2 Å². The Balaban J connectivity index is -0.0000000960. The second-order valence-corrected chi connectivity index (χ2v) is 4.17. The molecule has 0 aromatic carbocycles. The van der Waals surface area contributed by atoms with Crippen LogP contribution in [0.5, 0.6) is 0 Å². The zero-order valence-electron chi connectivity index (χ0n) is 10.6. The molecule has 1 unspecified atom stereocenters. The van der Waals surface area contributed by atoms with Crippen LogP contribution in [0.3, 0.4) is 0 Å². The van der Waals surface area contributed by atoms with Crippen molar-refractivity contribution in [3.8, 4) is 0 Å². The quantitative estimate of drug-likeness (QED) is 0.133. The van der Waals surface area contributed by atoms with Gasteiger partial charge in [-0.15, -0.1) is 0 Å². The molecule has 1 rings (SSSR count). The van der Waals surface area contributed by atoms with Crippen molar-refractivity contribution in [3.05, 3.63) is 0 Å². The van der Waals surface area contributed by atoms with E-state index in [2.05, 4.69) is 4.89 Å². The predicted octanol–water partition coefficient (Wildman–Crippen LogP) is -4.34. The molecule has 0 bridgehead atoms. The van der Waals surface area contributed by atoms with Crippen LogP contribution in [0.15, 0.2) is 0 Å². The van der Waals surface area contributed by atoms with E-state index in [0.717, 1.165) is 0 Å². The molecule has 1 heterocycles. The van der Waals surface area contributed by atoms with Crippen LogP contribution in [-0.2, 0) is 35.2 Å². The van der Waals surface area contributed by atoms with E-state index >= 15 is 0 Å². The monoisotopic (exact) mass is 340 g/mol. The molecule has 0 aromatic rings. The van der Waals surface area contributed by atoms with Gasteiger partial charge in [0.15, 0.2) is 0 Å². The Bertz CT molecular complexity index is 342. The summed E-state index contributed by atoms with van der Waals surface area (Å²) in [6, 6.07) is 0. The molecule has 0 amide bonds. The Morgan fingerprint density at radius 3 is 1.53 bits per heavy atom. The third-order valence-corrected chi connectivity index (χ3v) is 0.903. The predicted molar refractivity (Wildman–Crippen MR) is 53.7 cm³/mol. The van der Waals surface area contributed by atoms with E-state index in [1.54, 1.807) is 0 Å². The first-order valence-electron chi connectivity index (χ1n) is 3.83. The van der Waals surface area contributed by atoms with Gasteiger partial charge in [0.2, 0.25) is 6.29 Å². The topological polar surface area (TPSA) is 197 Å². The molecule has 0 aliphatic carbocycles. The molecular weight excluding hydrogens is 327 g/mol. The van der Waals surface area contributed by atoms with Crippen molar-refractivity contribution < 1.29 is 85.6 Å². The Kier molecular flexibility index (Phi) is 16.0. The molecule has 5 N–H and O–H groups in total. The molecule has 1 atom stereocenters. The van der Waals surface area contributed by atoms with Crippen molar-refractivity contribution in [2.45, 2.75) is 6.29 Å². The summed E-state index contributed by atoms with van der Waals surface area (Å²) in [7, 11) is -9.33. The zero-order chi connectivity index (χ0) is 14.8. The summed E-state index contributed by atoms with van der Waals surface area (Å²) in [5.74, 6) is 0. The fraction of sp³-hybridized carbons (Fsp3) is 1.00. The molecule has 1 aliphatic rings. The van der Waals surface area contributed by atoms with E-state index in [1.165, 1.54) is 0 Å². The van der Waals surface area contributed by atoms with Gasteiger partial charge in [-0.2, -0.15) is 16.8 Å². The van der Waals surface area contributed by atoms with Gasteiger partial charge in [0.05, 0.1) is 13.2 Å². The maximum absolute atomic E-state index is 8.74. The fourth-order valence-electron chi connectivity index (χ4n) is 0.527. The third kappa shape index (κ3) is 45.6. The molecular formula is C4H13NaO12S2. The fourth-order valence-corrected chi connectivity index (χ4v) is 0.527. The normalized spacial score (nSPS) is 18.9. The summed E-state index contributed by atoms with van der Waals surface area (Å²) >= 11 is 0. The molecule has 0 saturated carbocycles. The van der Waals surface area contributed by atoms with Crippen molar-refractivity contribution >= 4 is 20.8 Å². The van der Waals surface area contributed by atoms with Crippen LogP contribution in [-0.4, -0.2) is 66.4 Å². The van der Waals surface area contributed by atoms with Gasteiger partial charge in [0, 0.05) is 0 Å². The standard InChI is InChI=1S/C4H8O4.Na.2H2O4S.H/c5-8-4-3-6-1-2-7-4;;2*1-5(2,3)4;/h4-5H,1-3H2;;2*(H2,1,2,3,4);/q;+1;;;-1. The van der Waals surface area contributed by atoms with Gasteiger partial charge in [-0.25, -0.2) is 10.1 Å². The van der Waals surface area contributed by atoms with Crippen LogP contribution >= 0.6 is 0 Å². The minimum atomic E-state index is -4.67. The molecule has 0 radical (unpaired) electrons. The second-order valence-electron chi connectivity index (χ2n) is 2.38. The van der Waals surface area contributed by atoms with Gasteiger partial charge < -0.3 is 10.9 Å². The van der Waals surface area contributed by atoms with Gasteiger partial charge in [-0.1, -0.05) is 0 Å². The minimum absolute atomic E-state index is 0. The molecule has 19 heavy (non-hydrogen) atoms. The average Bonchev–Trinajstić information content (AvgIpc) is 2.14. The Morgan fingerprint density at radius 1 is 1.00 bits per heavy atom. The first-order chi connectivity index (χ1) is 7.93. The van der Waals surface area contributed by atoms with Crippen LogP contribution in [0.4, 0.5) is 0 Å². The summed E-state index contributed by atoms with van der Waals surface area (Å²) in [5, 5.41) is 7.99. The van der Waals surface area contributed by atoms with E-state index in [0.29, 0.717) is 19.8 Å². The van der Waals surface area contributed by atoms with Crippen molar-refractivity contribution in [1.82, 2.24) is 0 Å². The first kappa shape index (κ1) is 24.6. The van der Waals surface area contributed by atoms with Gasteiger partial charge >= 0.3 is 50.4 Å². The van der Waals surface area contributed by atoms with Crippen molar-refractivity contribution in [2.75, 3.05) is 19.8 Å². The number of hydrogen-bond acceptors (Lipinski definition) is 8. The van der Waals surface area contributed by atoms with E-state index in [-0.39, 0.29) is 31.0 Å². The molecule has 12 nitrogen and oxygen atoms in total. The maximum atomic E-state index is 8.74. The SMILES string of the molecule is O=S(=O)(O)O.O=S(=O)(O)O.OOC1COCCO1.[H-].[Na+]. The van der Waals surface area contributed by atoms with Gasteiger partial charge in [0.1, 0.15) is 6.61 Å². The van der Waals surface area contributed by atoms with Crippen LogP contribution in [0.2, 0.25) is 0 Å². The largest absolute Gasteiger partial charge is 1.00 e. The number of rotatable bonds is 1. The Labute approximate surface area is 132 Å². The molecule has 114 valence electrons. The van der Waals surface area contributed by atoms with Crippen molar-refractivity contribution in [2.24, 2.45) is 0 Å². The minimum Gasteiger partial charge on any atom is -1.00 e. The smallest absolute Gasteiger partial charge is 1.00 e. The molecule has 1 fully saturated rings. The summed E-state index contributed by atoms with van der Waals surface area (Å²) in [4.78, 5) is 3.84. The summed E-state index contributed by atoms with van der Waals surface area (Å²) in [6.07, 6.45) is -0.580. The third-order valence-electron chi connectivity index (χ3n) is 0.903. The molecule has 0 spiro atoms. The Morgan fingerprint density at radius 2 is 1.37 bits per heavy atom. The molecule has 1 saturated heterocycles. The van der Waals surface area contributed by atoms with Crippen LogP contribution in [0, 0.1) is 0 Å². The second kappa shape index (κ2) is 12.3. The summed E-state index contributed by atoms with van der Waals surface area (Å²) < 4.78 is 72.9. The van der Waals surface area contributed by atoms with Crippen molar-refractivity contribution in [1.29, 1.82) is 0 Å². The van der Waals surface area contributed by atoms with Crippen LogP contribution in [0.1, 0.15) is 1.43 Å². The molecule has 0 aromatic heterocycles. The number of ether oxygens (including phenoxy) is 2. The zero-order valence-corrected chi connectivity index (χ0v) is 13.2. The van der Waals surface area contributed by atoms with E-state index in [1.807, 2.05) is 0 Å². The van der Waals surface area contributed by atoms with Crippen molar-refractivity contribution in [3.63, 3.8) is 0 Å². The van der Waals surface area contributed by atoms with Gasteiger partial charge in [0.25, 0.3) is 0 Å². The molecule has 15 heteroatoms. The average molecular weight is 340 g/mol. The van der Waals surface area contributed by atoms with Gasteiger partial charge in [-0.05, 0) is 0 Å². The molecule has 1 aliphatic heterocycles. The van der Waals surface area contributed by atoms with E-state index < -0.39 is 27.1 Å². The summed E-state index contributed by atoms with van der Waals surface area (Å²) in [6.45, 7) is 1.39. The van der Waals surface area contributed by atoms with Crippen LogP contribution < -0.4 is 29.6 Å². The maximum Gasteiger partial charge on any atom is 1.00 e. The number of hydrogen-bond donors (Lipinski definition) is 5. The van der Waals surface area contributed by atoms with Crippen LogP contribution in [0.25, 0.3) is 0 Å². The summed E-state index contributed by atoms with van der Waals surface area (Å²) in [5.41, 5.74) is 0. The van der Waals surface area contributed by atoms with E-state index in [9.17, 15) is 0 Å². The first-order valence-corrected chi connectivity index (χ1v) is 6.62. The Hall–Kier alpha value is 0.580.